The maximum absolute atomic E-state index is 11.4. The number of esters is 1. The minimum atomic E-state index is -0.689. The van der Waals surface area contributed by atoms with E-state index in [-0.39, 0.29) is 28.8 Å². The van der Waals surface area contributed by atoms with Crippen molar-refractivity contribution < 1.29 is 19.4 Å². The standard InChI is InChI=1S/C18H32O4/c1-12(19)22-15-8-9-17(4)13(16(15,2)3)7-10-18(5,20)14(17)11-21-6/h13-15,20H,7-11H2,1-6H3. The van der Waals surface area contributed by atoms with Crippen LogP contribution in [0.4, 0.5) is 0 Å². The molecule has 5 atom stereocenters. The van der Waals surface area contributed by atoms with Crippen LogP contribution in [-0.2, 0) is 14.3 Å². The Labute approximate surface area is 134 Å². The molecule has 22 heavy (non-hydrogen) atoms. The van der Waals surface area contributed by atoms with Gasteiger partial charge in [0.2, 0.25) is 0 Å². The Morgan fingerprint density at radius 1 is 1.18 bits per heavy atom. The molecule has 0 saturated heterocycles. The maximum atomic E-state index is 11.4. The van der Waals surface area contributed by atoms with Gasteiger partial charge in [-0.05, 0) is 43.9 Å². The van der Waals surface area contributed by atoms with Crippen molar-refractivity contribution in [2.75, 3.05) is 13.7 Å². The van der Waals surface area contributed by atoms with Gasteiger partial charge < -0.3 is 14.6 Å². The summed E-state index contributed by atoms with van der Waals surface area (Å²) < 4.78 is 11.1. The van der Waals surface area contributed by atoms with E-state index in [0.717, 1.165) is 25.7 Å². The molecule has 0 aromatic carbocycles. The molecule has 4 heteroatoms. The van der Waals surface area contributed by atoms with Gasteiger partial charge in [0.1, 0.15) is 6.10 Å². The lowest BCUT2D eigenvalue weighted by Crippen LogP contribution is -2.62. The summed E-state index contributed by atoms with van der Waals surface area (Å²) in [5, 5.41) is 10.9. The topological polar surface area (TPSA) is 55.8 Å². The molecule has 0 aromatic rings. The Kier molecular flexibility index (Phi) is 4.67. The normalized spacial score (nSPS) is 44.2. The largest absolute Gasteiger partial charge is 0.462 e. The Balaban J connectivity index is 2.34. The Bertz CT molecular complexity index is 429. The molecule has 5 unspecified atom stereocenters. The molecular formula is C18H32O4. The summed E-state index contributed by atoms with van der Waals surface area (Å²) in [6.07, 6.45) is 3.53. The van der Waals surface area contributed by atoms with Gasteiger partial charge >= 0.3 is 5.97 Å². The summed E-state index contributed by atoms with van der Waals surface area (Å²) in [7, 11) is 1.71. The summed E-state index contributed by atoms with van der Waals surface area (Å²) in [5.74, 6) is 0.331. The Morgan fingerprint density at radius 2 is 1.82 bits per heavy atom. The third-order valence-corrected chi connectivity index (χ3v) is 6.60. The number of aliphatic hydroxyl groups is 1. The fraction of sp³-hybridized carbons (Fsp3) is 0.944. The number of rotatable bonds is 3. The van der Waals surface area contributed by atoms with Gasteiger partial charge in [0, 0.05) is 25.4 Å². The average Bonchev–Trinajstić information content (AvgIpc) is 2.37. The lowest BCUT2D eigenvalue weighted by molar-refractivity contribution is -0.213. The molecule has 2 saturated carbocycles. The van der Waals surface area contributed by atoms with E-state index < -0.39 is 5.60 Å². The molecule has 0 heterocycles. The van der Waals surface area contributed by atoms with Gasteiger partial charge in [0.15, 0.2) is 0 Å². The Morgan fingerprint density at radius 3 is 2.36 bits per heavy atom. The van der Waals surface area contributed by atoms with Crippen LogP contribution >= 0.6 is 0 Å². The Hall–Kier alpha value is -0.610. The third-order valence-electron chi connectivity index (χ3n) is 6.60. The highest BCUT2D eigenvalue weighted by atomic mass is 16.5. The van der Waals surface area contributed by atoms with E-state index in [1.807, 2.05) is 6.92 Å². The zero-order chi connectivity index (χ0) is 16.8. The second-order valence-electron chi connectivity index (χ2n) is 8.42. The van der Waals surface area contributed by atoms with Gasteiger partial charge in [-0.1, -0.05) is 20.8 Å². The van der Waals surface area contributed by atoms with Gasteiger partial charge in [-0.2, -0.15) is 0 Å². The van der Waals surface area contributed by atoms with Crippen LogP contribution < -0.4 is 0 Å². The lowest BCUT2D eigenvalue weighted by Gasteiger charge is -2.62. The van der Waals surface area contributed by atoms with Gasteiger partial charge in [-0.25, -0.2) is 0 Å². The summed E-state index contributed by atoms with van der Waals surface area (Å²) >= 11 is 0. The molecule has 1 N–H and O–H groups in total. The van der Waals surface area contributed by atoms with E-state index in [9.17, 15) is 9.90 Å². The number of ether oxygens (including phenoxy) is 2. The molecule has 0 radical (unpaired) electrons. The van der Waals surface area contributed by atoms with Crippen LogP contribution in [0.5, 0.6) is 0 Å². The predicted octanol–water partition coefficient (Wildman–Crippen LogP) is 3.17. The van der Waals surface area contributed by atoms with E-state index in [0.29, 0.717) is 12.5 Å². The van der Waals surface area contributed by atoms with Crippen LogP contribution in [0, 0.1) is 22.7 Å². The van der Waals surface area contributed by atoms with Crippen molar-refractivity contribution in [3.8, 4) is 0 Å². The van der Waals surface area contributed by atoms with Crippen LogP contribution in [0.1, 0.15) is 60.3 Å². The molecule has 0 aromatic heterocycles. The molecular weight excluding hydrogens is 280 g/mol. The van der Waals surface area contributed by atoms with Gasteiger partial charge in [-0.15, -0.1) is 0 Å². The first-order valence-corrected chi connectivity index (χ1v) is 8.44. The zero-order valence-corrected chi connectivity index (χ0v) is 14.9. The van der Waals surface area contributed by atoms with Crippen molar-refractivity contribution in [3.05, 3.63) is 0 Å². The molecule has 0 spiro atoms. The van der Waals surface area contributed by atoms with E-state index in [1.165, 1.54) is 6.92 Å². The van der Waals surface area contributed by atoms with Crippen molar-refractivity contribution in [2.24, 2.45) is 22.7 Å². The van der Waals surface area contributed by atoms with Crippen molar-refractivity contribution in [3.63, 3.8) is 0 Å². The average molecular weight is 312 g/mol. The third kappa shape index (κ3) is 2.80. The van der Waals surface area contributed by atoms with Crippen LogP contribution in [-0.4, -0.2) is 36.5 Å². The van der Waals surface area contributed by atoms with Gasteiger partial charge in [0.05, 0.1) is 12.2 Å². The molecule has 0 bridgehead atoms. The number of fused-ring (bicyclic) bond motifs is 1. The second-order valence-corrected chi connectivity index (χ2v) is 8.42. The monoisotopic (exact) mass is 312 g/mol. The summed E-state index contributed by atoms with van der Waals surface area (Å²) in [6.45, 7) is 10.7. The molecule has 2 fully saturated rings. The minimum absolute atomic E-state index is 0.0118. The van der Waals surface area contributed by atoms with E-state index in [2.05, 4.69) is 20.8 Å². The molecule has 128 valence electrons. The molecule has 0 aliphatic heterocycles. The van der Waals surface area contributed by atoms with Crippen molar-refractivity contribution >= 4 is 5.97 Å². The molecule has 2 aliphatic rings. The zero-order valence-electron chi connectivity index (χ0n) is 14.9. The maximum Gasteiger partial charge on any atom is 0.302 e. The predicted molar refractivity (Wildman–Crippen MR) is 85.4 cm³/mol. The first kappa shape index (κ1) is 17.7. The number of carbonyl (C=O) groups excluding carboxylic acids is 1. The summed E-state index contributed by atoms with van der Waals surface area (Å²) in [5.41, 5.74) is -0.759. The van der Waals surface area contributed by atoms with Crippen molar-refractivity contribution in [1.29, 1.82) is 0 Å². The number of carbonyl (C=O) groups is 1. The van der Waals surface area contributed by atoms with Crippen molar-refractivity contribution in [2.45, 2.75) is 72.0 Å². The fourth-order valence-electron chi connectivity index (χ4n) is 5.45. The molecule has 2 rings (SSSR count). The smallest absolute Gasteiger partial charge is 0.302 e. The second kappa shape index (κ2) is 5.79. The van der Waals surface area contributed by atoms with Crippen LogP contribution in [0.3, 0.4) is 0 Å². The van der Waals surface area contributed by atoms with E-state index in [1.54, 1.807) is 7.11 Å². The highest BCUT2D eigenvalue weighted by molar-refractivity contribution is 5.66. The molecule has 4 nitrogen and oxygen atoms in total. The first-order chi connectivity index (χ1) is 10.1. The molecule has 0 amide bonds. The minimum Gasteiger partial charge on any atom is -0.462 e. The highest BCUT2D eigenvalue weighted by Crippen LogP contribution is 2.62. The quantitative estimate of drug-likeness (QED) is 0.813. The lowest BCUT2D eigenvalue weighted by atomic mass is 9.45. The van der Waals surface area contributed by atoms with E-state index in [4.69, 9.17) is 9.47 Å². The first-order valence-electron chi connectivity index (χ1n) is 8.44. The number of hydrogen-bond acceptors (Lipinski definition) is 4. The van der Waals surface area contributed by atoms with Crippen molar-refractivity contribution in [1.82, 2.24) is 0 Å². The molecule has 2 aliphatic carbocycles. The van der Waals surface area contributed by atoms with E-state index >= 15 is 0 Å². The fourth-order valence-corrected chi connectivity index (χ4v) is 5.45. The van der Waals surface area contributed by atoms with Crippen LogP contribution in [0.25, 0.3) is 0 Å². The summed E-state index contributed by atoms with van der Waals surface area (Å²) in [6, 6.07) is 0. The number of hydrogen-bond donors (Lipinski definition) is 1. The summed E-state index contributed by atoms with van der Waals surface area (Å²) in [4.78, 5) is 11.4. The highest BCUT2D eigenvalue weighted by Gasteiger charge is 2.61. The van der Waals surface area contributed by atoms with Crippen LogP contribution in [0.2, 0.25) is 0 Å². The SMILES string of the molecule is COCC1C(C)(O)CCC2C(C)(C)C(OC(C)=O)CCC12C. The van der Waals surface area contributed by atoms with Gasteiger partial charge in [-0.3, -0.25) is 4.79 Å². The van der Waals surface area contributed by atoms with Crippen LogP contribution in [0.15, 0.2) is 0 Å². The number of methoxy groups -OCH3 is 1. The van der Waals surface area contributed by atoms with Gasteiger partial charge in [0.25, 0.3) is 0 Å².